The molecule has 2 N–H and O–H groups in total. The Labute approximate surface area is 177 Å². The zero-order chi connectivity index (χ0) is 20.6. The van der Waals surface area contributed by atoms with Crippen molar-refractivity contribution in [3.63, 3.8) is 0 Å². The molecule has 158 valence electrons. The molecule has 5 nitrogen and oxygen atoms in total. The summed E-state index contributed by atoms with van der Waals surface area (Å²) >= 11 is 0. The predicted octanol–water partition coefficient (Wildman–Crippen LogP) is 5.64. The number of fused-ring (bicyclic) bond motifs is 1. The van der Waals surface area contributed by atoms with Gasteiger partial charge >= 0.3 is 0 Å². The second kappa shape index (κ2) is 7.93. The van der Waals surface area contributed by atoms with Crippen LogP contribution in [0.5, 0.6) is 0 Å². The Hall–Kier alpha value is -2.56. The third kappa shape index (κ3) is 2.98. The molecule has 5 heteroatoms. The summed E-state index contributed by atoms with van der Waals surface area (Å²) in [5.41, 5.74) is 7.53. The number of hydrogen-bond donors (Lipinski definition) is 1. The fraction of sp³-hybridized carbons (Fsp3) is 0.520. The topological polar surface area (TPSA) is 74.1 Å². The average molecular weight is 406 g/mol. The highest BCUT2D eigenvalue weighted by molar-refractivity contribution is 5.89. The van der Waals surface area contributed by atoms with Crippen molar-refractivity contribution in [2.75, 3.05) is 0 Å². The van der Waals surface area contributed by atoms with Crippen LogP contribution in [0.15, 0.2) is 47.1 Å². The molecule has 2 aliphatic rings. The fourth-order valence-electron chi connectivity index (χ4n) is 6.27. The van der Waals surface area contributed by atoms with Gasteiger partial charge in [-0.2, -0.15) is 0 Å². The minimum absolute atomic E-state index is 0.197. The van der Waals surface area contributed by atoms with Crippen LogP contribution in [0.1, 0.15) is 64.2 Å². The lowest BCUT2D eigenvalue weighted by molar-refractivity contribution is -0.135. The number of nitrogens with zero attached hydrogens (tertiary/aromatic N) is 2. The molecule has 0 atom stereocenters. The summed E-state index contributed by atoms with van der Waals surface area (Å²) < 4.78 is 8.01. The van der Waals surface area contributed by atoms with Crippen molar-refractivity contribution < 1.29 is 9.21 Å². The molecule has 30 heavy (non-hydrogen) atoms. The number of nitrogens with two attached hydrogens (primary N) is 1. The number of furan rings is 1. The highest BCUT2D eigenvalue weighted by Crippen LogP contribution is 2.50. The van der Waals surface area contributed by atoms with Gasteiger partial charge in [-0.1, -0.05) is 50.7 Å². The second-order valence-corrected chi connectivity index (χ2v) is 9.10. The number of benzene rings is 1. The molecule has 0 saturated heterocycles. The molecule has 2 fully saturated rings. The van der Waals surface area contributed by atoms with Crippen LogP contribution in [-0.2, 0) is 10.3 Å². The first-order chi connectivity index (χ1) is 14.7. The van der Waals surface area contributed by atoms with Gasteiger partial charge in [-0.25, -0.2) is 4.98 Å². The standard InChI is InChI=1S/C25H31N3O2/c26-24(29)25(18-10-3-1-4-11-18,19-12-5-2-6-13-19)28-21-15-8-7-14-20(21)27-23(28)22-16-9-17-30-22/h7-9,14-19H,1-6,10-13H2,(H2,26,29). The van der Waals surface area contributed by atoms with Gasteiger partial charge in [0, 0.05) is 0 Å². The Morgan fingerprint density at radius 2 is 1.57 bits per heavy atom. The summed E-state index contributed by atoms with van der Waals surface area (Å²) in [6, 6.07) is 11.9. The van der Waals surface area contributed by atoms with Crippen LogP contribution >= 0.6 is 0 Å². The number of rotatable bonds is 5. The molecular weight excluding hydrogens is 374 g/mol. The molecule has 0 spiro atoms. The maximum atomic E-state index is 13.6. The fourth-order valence-corrected chi connectivity index (χ4v) is 6.27. The SMILES string of the molecule is NC(=O)C(C1CCCCC1)(C1CCCCC1)n1c(-c2ccco2)nc2ccccc21. The van der Waals surface area contributed by atoms with E-state index in [4.69, 9.17) is 15.1 Å². The number of hydrogen-bond acceptors (Lipinski definition) is 3. The Kier molecular flexibility index (Phi) is 5.13. The zero-order valence-electron chi connectivity index (χ0n) is 17.6. The van der Waals surface area contributed by atoms with E-state index < -0.39 is 5.54 Å². The molecule has 2 aliphatic carbocycles. The first-order valence-corrected chi connectivity index (χ1v) is 11.5. The van der Waals surface area contributed by atoms with E-state index in [0.717, 1.165) is 68.2 Å². The van der Waals surface area contributed by atoms with Crippen molar-refractivity contribution >= 4 is 16.9 Å². The lowest BCUT2D eigenvalue weighted by Crippen LogP contribution is -2.58. The molecule has 0 aliphatic heterocycles. The predicted molar refractivity (Wildman–Crippen MR) is 118 cm³/mol. The lowest BCUT2D eigenvalue weighted by Gasteiger charge is -2.48. The number of amides is 1. The number of para-hydroxylation sites is 2. The molecule has 3 aromatic rings. The van der Waals surface area contributed by atoms with Crippen LogP contribution in [0.25, 0.3) is 22.6 Å². The van der Waals surface area contributed by atoms with Crippen LogP contribution in [-0.4, -0.2) is 15.5 Å². The van der Waals surface area contributed by atoms with E-state index in [0.29, 0.717) is 5.76 Å². The summed E-state index contributed by atoms with van der Waals surface area (Å²) in [7, 11) is 0. The number of carbonyl (C=O) groups is 1. The van der Waals surface area contributed by atoms with Gasteiger partial charge in [-0.15, -0.1) is 0 Å². The quantitative estimate of drug-likeness (QED) is 0.597. The minimum atomic E-state index is -0.765. The Morgan fingerprint density at radius 1 is 0.933 bits per heavy atom. The molecule has 2 heterocycles. The Bertz CT molecular complexity index is 990. The molecule has 0 radical (unpaired) electrons. The molecule has 2 saturated carbocycles. The van der Waals surface area contributed by atoms with Crippen LogP contribution < -0.4 is 5.73 Å². The van der Waals surface area contributed by atoms with Crippen molar-refractivity contribution in [1.82, 2.24) is 9.55 Å². The van der Waals surface area contributed by atoms with Gasteiger partial charge in [0.15, 0.2) is 11.6 Å². The van der Waals surface area contributed by atoms with E-state index in [1.165, 1.54) is 12.8 Å². The van der Waals surface area contributed by atoms with E-state index in [-0.39, 0.29) is 17.7 Å². The summed E-state index contributed by atoms with van der Waals surface area (Å²) in [4.78, 5) is 18.6. The number of primary amides is 1. The van der Waals surface area contributed by atoms with Gasteiger partial charge in [0.05, 0.1) is 17.3 Å². The normalized spacial score (nSPS) is 19.3. The number of imidazole rings is 1. The lowest BCUT2D eigenvalue weighted by atomic mass is 9.63. The minimum Gasteiger partial charge on any atom is -0.461 e. The van der Waals surface area contributed by atoms with E-state index >= 15 is 0 Å². The zero-order valence-corrected chi connectivity index (χ0v) is 17.6. The highest BCUT2D eigenvalue weighted by Gasteiger charge is 2.53. The highest BCUT2D eigenvalue weighted by atomic mass is 16.3. The molecule has 2 aromatic heterocycles. The molecule has 5 rings (SSSR count). The largest absolute Gasteiger partial charge is 0.461 e. The van der Waals surface area contributed by atoms with Crippen molar-refractivity contribution in [2.24, 2.45) is 17.6 Å². The number of carbonyl (C=O) groups excluding carboxylic acids is 1. The van der Waals surface area contributed by atoms with Crippen molar-refractivity contribution in [3.8, 4) is 11.6 Å². The Balaban J connectivity index is 1.82. The summed E-state index contributed by atoms with van der Waals surface area (Å²) in [6.45, 7) is 0. The van der Waals surface area contributed by atoms with E-state index in [1.807, 2.05) is 30.3 Å². The van der Waals surface area contributed by atoms with Gasteiger partial charge in [0.2, 0.25) is 5.91 Å². The van der Waals surface area contributed by atoms with Crippen molar-refractivity contribution in [1.29, 1.82) is 0 Å². The van der Waals surface area contributed by atoms with E-state index in [9.17, 15) is 4.79 Å². The Morgan fingerprint density at radius 3 is 2.13 bits per heavy atom. The maximum Gasteiger partial charge on any atom is 0.244 e. The third-order valence-electron chi connectivity index (χ3n) is 7.52. The van der Waals surface area contributed by atoms with Gasteiger partial charge < -0.3 is 14.7 Å². The molecule has 1 aromatic carbocycles. The van der Waals surface area contributed by atoms with Crippen LogP contribution in [0.4, 0.5) is 0 Å². The van der Waals surface area contributed by atoms with Crippen molar-refractivity contribution in [2.45, 2.75) is 69.7 Å². The van der Waals surface area contributed by atoms with Crippen LogP contribution in [0.3, 0.4) is 0 Å². The van der Waals surface area contributed by atoms with E-state index in [1.54, 1.807) is 6.26 Å². The third-order valence-corrected chi connectivity index (χ3v) is 7.52. The maximum absolute atomic E-state index is 13.6. The number of aromatic nitrogens is 2. The molecule has 0 unspecified atom stereocenters. The van der Waals surface area contributed by atoms with Crippen LogP contribution in [0, 0.1) is 11.8 Å². The summed E-state index contributed by atoms with van der Waals surface area (Å²) in [5, 5.41) is 0. The molecule has 0 bridgehead atoms. The average Bonchev–Trinajstić information content (AvgIpc) is 3.44. The molecular formula is C25H31N3O2. The monoisotopic (exact) mass is 405 g/mol. The van der Waals surface area contributed by atoms with Crippen molar-refractivity contribution in [3.05, 3.63) is 42.7 Å². The van der Waals surface area contributed by atoms with Gasteiger partial charge in [-0.05, 0) is 61.8 Å². The van der Waals surface area contributed by atoms with Gasteiger partial charge in [0.1, 0.15) is 5.54 Å². The van der Waals surface area contributed by atoms with Crippen LogP contribution in [0.2, 0.25) is 0 Å². The van der Waals surface area contributed by atoms with Gasteiger partial charge in [-0.3, -0.25) is 4.79 Å². The second-order valence-electron chi connectivity index (χ2n) is 9.10. The first-order valence-electron chi connectivity index (χ1n) is 11.5. The smallest absolute Gasteiger partial charge is 0.244 e. The van der Waals surface area contributed by atoms with E-state index in [2.05, 4.69) is 10.6 Å². The summed E-state index contributed by atoms with van der Waals surface area (Å²) in [6.07, 6.45) is 13.0. The first kappa shape index (κ1) is 19.4. The molecule has 1 amide bonds. The summed E-state index contributed by atoms with van der Waals surface area (Å²) in [5.74, 6) is 1.70. The van der Waals surface area contributed by atoms with Gasteiger partial charge in [0.25, 0.3) is 0 Å².